The summed E-state index contributed by atoms with van der Waals surface area (Å²) in [5.74, 6) is 1.34. The van der Waals surface area contributed by atoms with Gasteiger partial charge in [-0.25, -0.2) is 24.6 Å². The summed E-state index contributed by atoms with van der Waals surface area (Å²) in [7, 11) is 0. The fourth-order valence-corrected chi connectivity index (χ4v) is 9.18. The lowest BCUT2D eigenvalue weighted by Crippen LogP contribution is -2.04. The van der Waals surface area contributed by atoms with Crippen molar-refractivity contribution in [3.63, 3.8) is 0 Å². The molecule has 8 aromatic carbocycles. The molecule has 0 atom stereocenters. The topological polar surface area (TPSA) is 99.9 Å². The Hall–Kier alpha value is -9.47. The Bertz CT molecular complexity index is 3540. The van der Waals surface area contributed by atoms with Gasteiger partial charge in [0.15, 0.2) is 28.8 Å². The van der Waals surface area contributed by atoms with E-state index < -0.39 is 0 Å². The molecule has 0 unspecified atom stereocenters. The van der Waals surface area contributed by atoms with E-state index >= 15 is 0 Å². The number of nitrogens with zero attached hydrogens (tertiary/aromatic N) is 8. The number of nitriles is 2. The summed E-state index contributed by atoms with van der Waals surface area (Å²) < 4.78 is 2.23. The van der Waals surface area contributed by atoms with Crippen molar-refractivity contribution >= 4 is 33.2 Å². The van der Waals surface area contributed by atoms with Gasteiger partial charge in [-0.1, -0.05) is 121 Å². The van der Waals surface area contributed by atoms with Crippen LogP contribution in [0.2, 0.25) is 0 Å². The largest absolute Gasteiger partial charge is 0.308 e. The molecular formula is C58H36N8. The number of benzene rings is 8. The fraction of sp³-hybridized carbons (Fsp3) is 0.0517. The molecule has 0 bridgehead atoms. The lowest BCUT2D eigenvalue weighted by Gasteiger charge is -2.22. The monoisotopic (exact) mass is 844 g/mol. The van der Waals surface area contributed by atoms with E-state index in [-0.39, 0.29) is 0 Å². The molecule has 10 aromatic rings. The normalized spacial score (nSPS) is 10.9. The number of para-hydroxylation sites is 1. The summed E-state index contributed by atoms with van der Waals surface area (Å²) in [6, 6.07) is 57.7. The number of aryl methyl sites for hydroxylation is 3. The molecule has 0 amide bonds. The Labute approximate surface area is 382 Å². The first-order chi connectivity index (χ1) is 32.2. The maximum atomic E-state index is 10.3. The van der Waals surface area contributed by atoms with E-state index in [9.17, 15) is 10.5 Å². The van der Waals surface area contributed by atoms with E-state index in [2.05, 4.69) is 89.6 Å². The predicted molar refractivity (Wildman–Crippen MR) is 263 cm³/mol. The van der Waals surface area contributed by atoms with Crippen LogP contribution in [0.3, 0.4) is 0 Å². The Balaban J connectivity index is 1.37. The smallest absolute Gasteiger partial charge is 0.177 e. The predicted octanol–water partition coefficient (Wildman–Crippen LogP) is 14.7. The summed E-state index contributed by atoms with van der Waals surface area (Å²) in [4.78, 5) is 22.8. The van der Waals surface area contributed by atoms with Crippen LogP contribution in [-0.2, 0) is 0 Å². The number of fused-ring (bicyclic) bond motifs is 3. The second-order valence-corrected chi connectivity index (χ2v) is 16.3. The van der Waals surface area contributed by atoms with Crippen LogP contribution >= 0.6 is 0 Å². The van der Waals surface area contributed by atoms with Crippen molar-refractivity contribution in [1.82, 2.24) is 19.5 Å². The minimum absolute atomic E-state index is 0.309. The number of hydrogen-bond donors (Lipinski definition) is 0. The Morgan fingerprint density at radius 2 is 0.955 bits per heavy atom. The molecule has 0 radical (unpaired) electrons. The van der Waals surface area contributed by atoms with Gasteiger partial charge in [0.25, 0.3) is 0 Å². The first-order valence-corrected chi connectivity index (χ1v) is 21.3. The highest BCUT2D eigenvalue weighted by Gasteiger charge is 2.25. The van der Waals surface area contributed by atoms with Crippen molar-refractivity contribution in [1.29, 1.82) is 10.5 Å². The van der Waals surface area contributed by atoms with Gasteiger partial charge in [-0.2, -0.15) is 10.5 Å². The summed E-state index contributed by atoms with van der Waals surface area (Å²) in [5.41, 5.74) is 14.5. The molecule has 2 heterocycles. The number of aromatic nitrogens is 4. The van der Waals surface area contributed by atoms with Gasteiger partial charge in [-0.05, 0) is 103 Å². The van der Waals surface area contributed by atoms with Crippen LogP contribution < -0.4 is 0 Å². The second-order valence-electron chi connectivity index (χ2n) is 16.3. The fourth-order valence-electron chi connectivity index (χ4n) is 9.18. The van der Waals surface area contributed by atoms with E-state index in [1.165, 1.54) is 22.3 Å². The molecule has 8 heteroatoms. The van der Waals surface area contributed by atoms with Gasteiger partial charge in [0.05, 0.1) is 53.1 Å². The zero-order valence-corrected chi connectivity index (χ0v) is 36.2. The molecule has 0 N–H and O–H groups in total. The van der Waals surface area contributed by atoms with Crippen molar-refractivity contribution in [3.8, 4) is 85.4 Å². The van der Waals surface area contributed by atoms with Gasteiger partial charge in [0, 0.05) is 38.6 Å². The van der Waals surface area contributed by atoms with E-state index in [1.54, 1.807) is 36.4 Å². The van der Waals surface area contributed by atoms with Gasteiger partial charge in [-0.3, -0.25) is 0 Å². The highest BCUT2D eigenvalue weighted by molar-refractivity contribution is 6.12. The van der Waals surface area contributed by atoms with Gasteiger partial charge in [0.2, 0.25) is 0 Å². The zero-order chi connectivity index (χ0) is 45.5. The molecule has 10 rings (SSSR count). The first kappa shape index (κ1) is 40.6. The minimum Gasteiger partial charge on any atom is -0.308 e. The molecule has 0 saturated heterocycles. The number of hydrogen-bond acceptors (Lipinski definition) is 5. The standard InChI is InChI=1S/C58H36N8/c1-35-22-36(2)54(37(3)23-35)42-20-21-53-51(29-42)48-18-12-13-19-52(48)66(53)55-49(43-25-38(33-59)24-39(26-43)34-60)30-45(31-50(55)44-27-46(61-4)32-47(28-44)62-5)58-64-56(40-14-8-6-9-15-40)63-57(65-58)41-16-10-7-11-17-41/h6-32H,1-3H3. The highest BCUT2D eigenvalue weighted by atomic mass is 15.0. The van der Waals surface area contributed by atoms with E-state index in [0.29, 0.717) is 67.8 Å². The molecule has 0 aliphatic heterocycles. The van der Waals surface area contributed by atoms with E-state index in [0.717, 1.165) is 44.2 Å². The minimum atomic E-state index is 0.309. The average Bonchev–Trinajstić information content (AvgIpc) is 3.68. The Morgan fingerprint density at radius 1 is 0.455 bits per heavy atom. The van der Waals surface area contributed by atoms with Crippen LogP contribution in [0.25, 0.3) is 105 Å². The maximum absolute atomic E-state index is 10.3. The zero-order valence-electron chi connectivity index (χ0n) is 36.2. The van der Waals surface area contributed by atoms with Crippen molar-refractivity contribution < 1.29 is 0 Å². The molecule has 308 valence electrons. The molecule has 66 heavy (non-hydrogen) atoms. The SMILES string of the molecule is [C-]#[N+]c1cc([N+]#[C-])cc(-c2cc(-c3nc(-c4ccccc4)nc(-c4ccccc4)n3)cc(-c3cc(C#N)cc(C#N)c3)c2-n2c3ccccc3c3cc(-c4c(C)cc(C)cc4C)ccc32)c1. The second kappa shape index (κ2) is 16.7. The Morgan fingerprint density at radius 3 is 1.50 bits per heavy atom. The van der Waals surface area contributed by atoms with Gasteiger partial charge in [0.1, 0.15) is 0 Å². The molecular weight excluding hydrogens is 809 g/mol. The molecule has 8 nitrogen and oxygen atoms in total. The summed E-state index contributed by atoms with van der Waals surface area (Å²) in [5, 5.41) is 22.8. The van der Waals surface area contributed by atoms with Gasteiger partial charge < -0.3 is 4.57 Å². The van der Waals surface area contributed by atoms with Crippen molar-refractivity contribution in [2.75, 3.05) is 0 Å². The molecule has 0 spiro atoms. The average molecular weight is 845 g/mol. The Kier molecular flexibility index (Phi) is 10.3. The summed E-state index contributed by atoms with van der Waals surface area (Å²) >= 11 is 0. The quantitative estimate of drug-likeness (QED) is 0.149. The third-order valence-electron chi connectivity index (χ3n) is 11.9. The lowest BCUT2D eigenvalue weighted by molar-refractivity contribution is 1.07. The van der Waals surface area contributed by atoms with Crippen LogP contribution in [0.4, 0.5) is 11.4 Å². The van der Waals surface area contributed by atoms with Crippen LogP contribution in [0.15, 0.2) is 164 Å². The van der Waals surface area contributed by atoms with Crippen LogP contribution in [0, 0.1) is 56.6 Å². The third-order valence-corrected chi connectivity index (χ3v) is 11.9. The van der Waals surface area contributed by atoms with Gasteiger partial charge in [-0.15, -0.1) is 0 Å². The van der Waals surface area contributed by atoms with Crippen molar-refractivity contribution in [2.24, 2.45) is 0 Å². The summed E-state index contributed by atoms with van der Waals surface area (Å²) in [6.45, 7) is 22.6. The molecule has 0 aliphatic carbocycles. The first-order valence-electron chi connectivity index (χ1n) is 21.3. The molecule has 2 aromatic heterocycles. The molecule has 0 saturated carbocycles. The third kappa shape index (κ3) is 7.28. The highest BCUT2D eigenvalue weighted by Crippen LogP contribution is 2.46. The lowest BCUT2D eigenvalue weighted by atomic mass is 9.90. The van der Waals surface area contributed by atoms with Gasteiger partial charge >= 0.3 is 0 Å². The molecule has 0 aliphatic rings. The van der Waals surface area contributed by atoms with Crippen LogP contribution in [0.5, 0.6) is 0 Å². The van der Waals surface area contributed by atoms with Crippen LogP contribution in [-0.4, -0.2) is 19.5 Å². The van der Waals surface area contributed by atoms with E-state index in [4.69, 9.17) is 28.1 Å². The summed E-state index contributed by atoms with van der Waals surface area (Å²) in [6.07, 6.45) is 0. The van der Waals surface area contributed by atoms with Crippen LogP contribution in [0.1, 0.15) is 27.8 Å². The maximum Gasteiger partial charge on any atom is 0.177 e. The molecule has 0 fully saturated rings. The number of rotatable bonds is 7. The van der Waals surface area contributed by atoms with E-state index in [1.807, 2.05) is 84.9 Å². The van der Waals surface area contributed by atoms with Crippen molar-refractivity contribution in [3.05, 3.63) is 214 Å². The van der Waals surface area contributed by atoms with Crippen molar-refractivity contribution in [2.45, 2.75) is 20.8 Å².